The van der Waals surface area contributed by atoms with E-state index in [0.29, 0.717) is 30.3 Å². The molecule has 0 aliphatic carbocycles. The molecular weight excluding hydrogens is 264 g/mol. The summed E-state index contributed by atoms with van der Waals surface area (Å²) >= 11 is 0. The molecule has 0 fully saturated rings. The van der Waals surface area contributed by atoms with E-state index in [1.165, 1.54) is 6.07 Å². The number of rotatable bonds is 6. The van der Waals surface area contributed by atoms with Gasteiger partial charge in [-0.1, -0.05) is 12.1 Å². The van der Waals surface area contributed by atoms with Crippen molar-refractivity contribution < 1.29 is 18.3 Å². The van der Waals surface area contributed by atoms with Crippen LogP contribution in [0.25, 0.3) is 0 Å². The van der Waals surface area contributed by atoms with Crippen LogP contribution in [-0.2, 0) is 0 Å². The van der Waals surface area contributed by atoms with E-state index in [2.05, 4.69) is 5.32 Å². The van der Waals surface area contributed by atoms with Crippen LogP contribution < -0.4 is 14.8 Å². The van der Waals surface area contributed by atoms with Crippen molar-refractivity contribution in [3.05, 3.63) is 54.1 Å². The minimum Gasteiger partial charge on any atom is -0.493 e. The molecule has 0 aliphatic heterocycles. The van der Waals surface area contributed by atoms with Crippen LogP contribution in [0.15, 0.2) is 42.5 Å². The van der Waals surface area contributed by atoms with Gasteiger partial charge in [0.05, 0.1) is 7.11 Å². The number of hydrogen-bond acceptors (Lipinski definition) is 3. The Bertz CT molecular complexity index is 576. The summed E-state index contributed by atoms with van der Waals surface area (Å²) in [6.45, 7) is 0.836. The first-order chi connectivity index (χ1) is 9.70. The zero-order valence-electron chi connectivity index (χ0n) is 11.0. The van der Waals surface area contributed by atoms with Gasteiger partial charge >= 0.3 is 0 Å². The quantitative estimate of drug-likeness (QED) is 0.821. The van der Waals surface area contributed by atoms with Crippen LogP contribution in [0.5, 0.6) is 11.5 Å². The third-order valence-corrected chi connectivity index (χ3v) is 2.68. The van der Waals surface area contributed by atoms with Crippen LogP contribution in [0.2, 0.25) is 0 Å². The number of ether oxygens (including phenoxy) is 2. The molecule has 0 bridgehead atoms. The van der Waals surface area contributed by atoms with Crippen LogP contribution in [0.3, 0.4) is 0 Å². The van der Waals surface area contributed by atoms with E-state index < -0.39 is 11.6 Å². The molecule has 0 saturated carbocycles. The minimum absolute atomic E-state index is 0.374. The maximum Gasteiger partial charge on any atom is 0.161 e. The molecule has 106 valence electrons. The Balaban J connectivity index is 1.83. The highest BCUT2D eigenvalue weighted by molar-refractivity contribution is 5.43. The highest BCUT2D eigenvalue weighted by Crippen LogP contribution is 2.25. The second kappa shape index (κ2) is 6.75. The molecule has 0 heterocycles. The summed E-state index contributed by atoms with van der Waals surface area (Å²) in [5.41, 5.74) is 0.507. The van der Waals surface area contributed by atoms with Gasteiger partial charge in [-0.05, 0) is 24.3 Å². The number of anilines is 1. The summed E-state index contributed by atoms with van der Waals surface area (Å²) in [6, 6.07) is 11.0. The molecule has 0 atom stereocenters. The van der Waals surface area contributed by atoms with Crippen molar-refractivity contribution in [1.29, 1.82) is 0 Å². The Kier molecular flexibility index (Phi) is 4.76. The van der Waals surface area contributed by atoms with Crippen LogP contribution in [0.4, 0.5) is 14.5 Å². The van der Waals surface area contributed by atoms with E-state index in [9.17, 15) is 8.78 Å². The average molecular weight is 279 g/mol. The Labute approximate surface area is 116 Å². The maximum absolute atomic E-state index is 13.0. The second-order valence-electron chi connectivity index (χ2n) is 4.05. The number of methoxy groups -OCH3 is 1. The topological polar surface area (TPSA) is 30.5 Å². The van der Waals surface area contributed by atoms with Crippen molar-refractivity contribution in [3.63, 3.8) is 0 Å². The SMILES string of the molecule is COc1ccccc1OCCNc1ccc(F)c(F)c1. The first-order valence-electron chi connectivity index (χ1n) is 6.15. The fourth-order valence-corrected chi connectivity index (χ4v) is 1.70. The zero-order chi connectivity index (χ0) is 14.4. The maximum atomic E-state index is 13.0. The van der Waals surface area contributed by atoms with Gasteiger partial charge in [-0.3, -0.25) is 0 Å². The molecule has 2 aromatic carbocycles. The lowest BCUT2D eigenvalue weighted by Gasteiger charge is -2.11. The van der Waals surface area contributed by atoms with E-state index >= 15 is 0 Å². The summed E-state index contributed by atoms with van der Waals surface area (Å²) in [6.07, 6.45) is 0. The van der Waals surface area contributed by atoms with Gasteiger partial charge in [0.25, 0.3) is 0 Å². The van der Waals surface area contributed by atoms with E-state index in [1.807, 2.05) is 12.1 Å². The predicted octanol–water partition coefficient (Wildman–Crippen LogP) is 3.46. The fraction of sp³-hybridized carbons (Fsp3) is 0.200. The molecule has 0 saturated heterocycles. The third kappa shape index (κ3) is 3.60. The summed E-state index contributed by atoms with van der Waals surface area (Å²) in [4.78, 5) is 0. The molecule has 2 rings (SSSR count). The lowest BCUT2D eigenvalue weighted by Crippen LogP contribution is -2.12. The molecule has 5 heteroatoms. The van der Waals surface area contributed by atoms with Crippen molar-refractivity contribution in [1.82, 2.24) is 0 Å². The summed E-state index contributed by atoms with van der Waals surface area (Å²) in [5, 5.41) is 2.95. The number of benzene rings is 2. The highest BCUT2D eigenvalue weighted by atomic mass is 19.2. The molecule has 0 amide bonds. The summed E-state index contributed by atoms with van der Waals surface area (Å²) < 4.78 is 36.4. The number of nitrogens with one attached hydrogen (secondary N) is 1. The van der Waals surface area contributed by atoms with Gasteiger partial charge in [-0.15, -0.1) is 0 Å². The van der Waals surface area contributed by atoms with Gasteiger partial charge in [-0.25, -0.2) is 8.78 Å². The van der Waals surface area contributed by atoms with Crippen molar-refractivity contribution in [2.45, 2.75) is 0 Å². The van der Waals surface area contributed by atoms with Crippen LogP contribution in [-0.4, -0.2) is 20.3 Å². The molecule has 0 unspecified atom stereocenters. The lowest BCUT2D eigenvalue weighted by atomic mass is 10.3. The number of para-hydroxylation sites is 2. The normalized spacial score (nSPS) is 10.2. The molecule has 2 aromatic rings. The van der Waals surface area contributed by atoms with E-state index in [4.69, 9.17) is 9.47 Å². The van der Waals surface area contributed by atoms with Crippen molar-refractivity contribution in [2.24, 2.45) is 0 Å². The number of hydrogen-bond donors (Lipinski definition) is 1. The van der Waals surface area contributed by atoms with Crippen LogP contribution in [0.1, 0.15) is 0 Å². The summed E-state index contributed by atoms with van der Waals surface area (Å²) in [7, 11) is 1.57. The van der Waals surface area contributed by atoms with Crippen LogP contribution in [0, 0.1) is 11.6 Å². The molecule has 0 radical (unpaired) electrons. The third-order valence-electron chi connectivity index (χ3n) is 2.68. The molecule has 20 heavy (non-hydrogen) atoms. The predicted molar refractivity (Wildman–Crippen MR) is 73.3 cm³/mol. The van der Waals surface area contributed by atoms with Crippen molar-refractivity contribution in [3.8, 4) is 11.5 Å². The van der Waals surface area contributed by atoms with Gasteiger partial charge in [0.15, 0.2) is 23.1 Å². The average Bonchev–Trinajstić information content (AvgIpc) is 2.47. The van der Waals surface area contributed by atoms with Gasteiger partial charge in [0.2, 0.25) is 0 Å². The monoisotopic (exact) mass is 279 g/mol. The van der Waals surface area contributed by atoms with Crippen molar-refractivity contribution >= 4 is 5.69 Å². The van der Waals surface area contributed by atoms with Gasteiger partial charge in [0.1, 0.15) is 6.61 Å². The molecule has 0 spiro atoms. The van der Waals surface area contributed by atoms with E-state index in [-0.39, 0.29) is 0 Å². The highest BCUT2D eigenvalue weighted by Gasteiger charge is 2.03. The summed E-state index contributed by atoms with van der Waals surface area (Å²) in [5.74, 6) is -0.441. The van der Waals surface area contributed by atoms with Gasteiger partial charge < -0.3 is 14.8 Å². The van der Waals surface area contributed by atoms with Crippen molar-refractivity contribution in [2.75, 3.05) is 25.6 Å². The van der Waals surface area contributed by atoms with E-state index in [1.54, 1.807) is 19.2 Å². The fourth-order valence-electron chi connectivity index (χ4n) is 1.70. The zero-order valence-corrected chi connectivity index (χ0v) is 11.0. The lowest BCUT2D eigenvalue weighted by molar-refractivity contribution is 0.306. The Morgan fingerprint density at radius 1 is 1.00 bits per heavy atom. The molecule has 0 aliphatic rings. The van der Waals surface area contributed by atoms with Gasteiger partial charge in [-0.2, -0.15) is 0 Å². The minimum atomic E-state index is -0.874. The Morgan fingerprint density at radius 2 is 1.75 bits per heavy atom. The van der Waals surface area contributed by atoms with Crippen LogP contribution >= 0.6 is 0 Å². The first kappa shape index (κ1) is 14.1. The largest absolute Gasteiger partial charge is 0.493 e. The smallest absolute Gasteiger partial charge is 0.161 e. The number of halogens is 2. The molecular formula is C15H15F2NO2. The first-order valence-corrected chi connectivity index (χ1v) is 6.15. The van der Waals surface area contributed by atoms with E-state index in [0.717, 1.165) is 12.1 Å². The Morgan fingerprint density at radius 3 is 2.45 bits per heavy atom. The second-order valence-corrected chi connectivity index (χ2v) is 4.05. The standard InChI is InChI=1S/C15H15F2NO2/c1-19-14-4-2-3-5-15(14)20-9-8-18-11-6-7-12(16)13(17)10-11/h2-7,10,18H,8-9H2,1H3. The molecule has 1 N–H and O–H groups in total. The molecule has 3 nitrogen and oxygen atoms in total. The van der Waals surface area contributed by atoms with Gasteiger partial charge in [0, 0.05) is 18.3 Å². The Hall–Kier alpha value is -2.30. The molecule has 0 aromatic heterocycles.